The molecule has 0 spiro atoms. The lowest BCUT2D eigenvalue weighted by Crippen LogP contribution is -2.25. The number of nitrogens with zero attached hydrogens (tertiary/aromatic N) is 1. The van der Waals surface area contributed by atoms with Gasteiger partial charge in [-0.3, -0.25) is 10.9 Å². The summed E-state index contributed by atoms with van der Waals surface area (Å²) in [5, 5.41) is 3.49. The Balaban J connectivity index is 1.82. The highest BCUT2D eigenvalue weighted by atomic mass is 19.4. The predicted octanol–water partition coefficient (Wildman–Crippen LogP) is 4.26. The van der Waals surface area contributed by atoms with E-state index in [1.807, 2.05) is 0 Å². The maximum Gasteiger partial charge on any atom is 0.422 e. The smallest absolute Gasteiger partial charge is 0.273 e. The van der Waals surface area contributed by atoms with Crippen LogP contribution in [0.25, 0.3) is 0 Å². The van der Waals surface area contributed by atoms with Gasteiger partial charge >= 0.3 is 6.18 Å². The Morgan fingerprint density at radius 1 is 0.931 bits per heavy atom. The molecule has 1 aliphatic rings. The molecule has 1 saturated heterocycles. The van der Waals surface area contributed by atoms with Gasteiger partial charge in [0.2, 0.25) is 0 Å². The number of hydrogen-bond donors (Lipinski definition) is 3. The second-order valence-electron chi connectivity index (χ2n) is 6.11. The van der Waals surface area contributed by atoms with E-state index >= 15 is 0 Å². The third kappa shape index (κ3) is 4.17. The fourth-order valence-corrected chi connectivity index (χ4v) is 2.83. The molecule has 2 aromatic rings. The van der Waals surface area contributed by atoms with E-state index in [-0.39, 0.29) is 6.54 Å². The Bertz CT molecular complexity index is 898. The first kappa shape index (κ1) is 21.0. The Hall–Kier alpha value is -2.73. The summed E-state index contributed by atoms with van der Waals surface area (Å²) in [6.45, 7) is 0.286. The van der Waals surface area contributed by atoms with E-state index in [4.69, 9.17) is 0 Å². The summed E-state index contributed by atoms with van der Waals surface area (Å²) in [4.78, 5) is 0. The van der Waals surface area contributed by atoms with Gasteiger partial charge in [0.15, 0.2) is 23.3 Å². The molecular formula is C17H12F8N4. The topological polar surface area (TPSA) is 48.5 Å². The minimum Gasteiger partial charge on any atom is -0.273 e. The third-order valence-corrected chi connectivity index (χ3v) is 4.24. The lowest BCUT2D eigenvalue weighted by Gasteiger charge is -2.16. The van der Waals surface area contributed by atoms with Gasteiger partial charge < -0.3 is 0 Å². The highest BCUT2D eigenvalue weighted by Gasteiger charge is 2.42. The van der Waals surface area contributed by atoms with Crippen LogP contribution in [0, 0.1) is 35.0 Å². The normalized spacial score (nSPS) is 19.9. The van der Waals surface area contributed by atoms with Crippen LogP contribution in [0.15, 0.2) is 29.4 Å². The van der Waals surface area contributed by atoms with Crippen molar-refractivity contribution in [2.75, 3.05) is 12.0 Å². The zero-order valence-electron chi connectivity index (χ0n) is 14.2. The van der Waals surface area contributed by atoms with Crippen LogP contribution in [0.2, 0.25) is 0 Å². The van der Waals surface area contributed by atoms with Crippen molar-refractivity contribution in [3.63, 3.8) is 0 Å². The number of nitrogens with one attached hydrogen (secondary N) is 3. The van der Waals surface area contributed by atoms with E-state index in [1.165, 1.54) is 24.3 Å². The van der Waals surface area contributed by atoms with Crippen LogP contribution in [0.4, 0.5) is 40.8 Å². The fourth-order valence-electron chi connectivity index (χ4n) is 2.83. The summed E-state index contributed by atoms with van der Waals surface area (Å²) >= 11 is 0. The number of alkyl halides is 3. The van der Waals surface area contributed by atoms with Gasteiger partial charge in [0.05, 0.1) is 6.04 Å². The molecule has 1 heterocycles. The van der Waals surface area contributed by atoms with Crippen molar-refractivity contribution in [3.8, 4) is 0 Å². The maximum absolute atomic E-state index is 13.8. The molecule has 156 valence electrons. The molecule has 0 radical (unpaired) electrons. The van der Waals surface area contributed by atoms with E-state index in [1.54, 1.807) is 5.43 Å². The van der Waals surface area contributed by atoms with Crippen molar-refractivity contribution >= 4 is 11.9 Å². The largest absolute Gasteiger partial charge is 0.422 e. The first-order valence-electron chi connectivity index (χ1n) is 8.07. The molecule has 12 heteroatoms. The summed E-state index contributed by atoms with van der Waals surface area (Å²) in [6.07, 6.45) is -4.48. The molecule has 0 aromatic heterocycles. The van der Waals surface area contributed by atoms with E-state index < -0.39 is 58.5 Å². The fraction of sp³-hybridized carbons (Fsp3) is 0.235. The molecule has 1 fully saturated rings. The van der Waals surface area contributed by atoms with Gasteiger partial charge in [-0.05, 0) is 17.7 Å². The molecular weight excluding hydrogens is 412 g/mol. The van der Waals surface area contributed by atoms with Crippen LogP contribution >= 0.6 is 0 Å². The summed E-state index contributed by atoms with van der Waals surface area (Å²) in [5.74, 6) is -10.6. The molecule has 0 aliphatic carbocycles. The second kappa shape index (κ2) is 7.95. The van der Waals surface area contributed by atoms with Crippen LogP contribution in [0.5, 0.6) is 0 Å². The molecule has 0 saturated carbocycles. The molecule has 0 bridgehead atoms. The summed E-state index contributed by atoms with van der Waals surface area (Å²) in [7, 11) is 0. The SMILES string of the molecule is Fc1ccc(C2NNCC2/C=N\Nc2c(F)c(F)c(C(F)(F)F)c(F)c2F)cc1. The van der Waals surface area contributed by atoms with Crippen LogP contribution in [0.1, 0.15) is 17.2 Å². The monoisotopic (exact) mass is 424 g/mol. The van der Waals surface area contributed by atoms with E-state index in [2.05, 4.69) is 16.0 Å². The van der Waals surface area contributed by atoms with Crippen LogP contribution in [-0.4, -0.2) is 12.8 Å². The number of hydrogen-bond acceptors (Lipinski definition) is 4. The molecule has 2 unspecified atom stereocenters. The van der Waals surface area contributed by atoms with Crippen molar-refractivity contribution in [1.29, 1.82) is 0 Å². The standard InChI is InChI=1S/C17H12F8N4/c18-9-3-1-7(2-4-9)15-8(5-26-28-15)6-27-29-16-13(21)11(19)10(17(23,24)25)12(20)14(16)22/h1-4,6,8,15,26,28-29H,5H2/b27-6-. The highest BCUT2D eigenvalue weighted by Crippen LogP contribution is 2.38. The lowest BCUT2D eigenvalue weighted by molar-refractivity contribution is -0.143. The van der Waals surface area contributed by atoms with Crippen LogP contribution in [-0.2, 0) is 6.18 Å². The van der Waals surface area contributed by atoms with Crippen LogP contribution in [0.3, 0.4) is 0 Å². The minimum atomic E-state index is -5.62. The first-order valence-corrected chi connectivity index (χ1v) is 8.07. The Morgan fingerprint density at radius 3 is 2.07 bits per heavy atom. The zero-order chi connectivity index (χ0) is 21.3. The van der Waals surface area contributed by atoms with Gasteiger partial charge in [0.1, 0.15) is 17.1 Å². The van der Waals surface area contributed by atoms with Crippen LogP contribution < -0.4 is 16.3 Å². The number of benzene rings is 2. The summed E-state index contributed by atoms with van der Waals surface area (Å²) in [5.41, 5.74) is 3.86. The lowest BCUT2D eigenvalue weighted by atomic mass is 9.96. The van der Waals surface area contributed by atoms with Crippen molar-refractivity contribution in [1.82, 2.24) is 10.9 Å². The molecule has 3 N–H and O–H groups in total. The summed E-state index contributed by atoms with van der Waals surface area (Å²) < 4.78 is 106. The van der Waals surface area contributed by atoms with Gasteiger partial charge in [-0.15, -0.1) is 0 Å². The number of rotatable bonds is 4. The van der Waals surface area contributed by atoms with Crippen molar-refractivity contribution in [2.45, 2.75) is 12.2 Å². The van der Waals surface area contributed by atoms with E-state index in [0.29, 0.717) is 5.56 Å². The second-order valence-corrected chi connectivity index (χ2v) is 6.11. The Labute approximate surface area is 158 Å². The quantitative estimate of drug-likeness (QED) is 0.298. The van der Waals surface area contributed by atoms with Gasteiger partial charge in [0.25, 0.3) is 0 Å². The Morgan fingerprint density at radius 2 is 1.52 bits per heavy atom. The molecule has 29 heavy (non-hydrogen) atoms. The van der Waals surface area contributed by atoms with Gasteiger partial charge in [-0.2, -0.15) is 18.3 Å². The van der Waals surface area contributed by atoms with Crippen molar-refractivity contribution < 1.29 is 35.1 Å². The molecule has 2 aromatic carbocycles. The molecule has 4 nitrogen and oxygen atoms in total. The van der Waals surface area contributed by atoms with Gasteiger partial charge in [-0.25, -0.2) is 27.4 Å². The van der Waals surface area contributed by atoms with Gasteiger partial charge in [0, 0.05) is 18.7 Å². The highest BCUT2D eigenvalue weighted by molar-refractivity contribution is 5.65. The van der Waals surface area contributed by atoms with Crippen molar-refractivity contribution in [2.24, 2.45) is 11.0 Å². The minimum absolute atomic E-state index is 0.286. The maximum atomic E-state index is 13.8. The average Bonchev–Trinajstić information content (AvgIpc) is 3.11. The number of anilines is 1. The van der Waals surface area contributed by atoms with Crippen molar-refractivity contribution in [3.05, 3.63) is 64.5 Å². The number of hydrazine groups is 1. The molecule has 0 amide bonds. The van der Waals surface area contributed by atoms with Gasteiger partial charge in [-0.1, -0.05) is 12.1 Å². The Kier molecular flexibility index (Phi) is 5.75. The average molecular weight is 424 g/mol. The van der Waals surface area contributed by atoms with E-state index in [0.717, 1.165) is 6.21 Å². The predicted molar refractivity (Wildman–Crippen MR) is 87.2 cm³/mol. The third-order valence-electron chi connectivity index (χ3n) is 4.24. The molecule has 1 aliphatic heterocycles. The molecule has 2 atom stereocenters. The van der Waals surface area contributed by atoms with E-state index in [9.17, 15) is 35.1 Å². The summed E-state index contributed by atoms with van der Waals surface area (Å²) in [6, 6.07) is 5.01. The number of hydrazone groups is 1. The first-order chi connectivity index (χ1) is 13.6. The number of halogens is 8. The zero-order valence-corrected chi connectivity index (χ0v) is 14.2. The molecule has 3 rings (SSSR count).